The molecule has 0 spiro atoms. The molecular formula is C22H18BrN3O2S. The molecule has 0 saturated carbocycles. The molecule has 0 aliphatic heterocycles. The molecule has 0 aliphatic rings. The van der Waals surface area contributed by atoms with Gasteiger partial charge in [0.25, 0.3) is 5.91 Å². The van der Waals surface area contributed by atoms with Gasteiger partial charge < -0.3 is 5.32 Å². The van der Waals surface area contributed by atoms with Gasteiger partial charge in [-0.15, -0.1) is 0 Å². The third kappa shape index (κ3) is 5.49. The van der Waals surface area contributed by atoms with Crippen LogP contribution >= 0.6 is 28.1 Å². The van der Waals surface area contributed by atoms with E-state index in [1.807, 2.05) is 66.7 Å². The van der Waals surface area contributed by atoms with Crippen LogP contribution in [-0.2, 0) is 4.79 Å². The lowest BCUT2D eigenvalue weighted by molar-refractivity contribution is -0.120. The lowest BCUT2D eigenvalue weighted by Gasteiger charge is -2.19. The van der Waals surface area contributed by atoms with Crippen LogP contribution in [0.5, 0.6) is 0 Å². The van der Waals surface area contributed by atoms with Gasteiger partial charge in [0.05, 0.1) is 11.5 Å². The van der Waals surface area contributed by atoms with Gasteiger partial charge in [0.1, 0.15) is 0 Å². The first kappa shape index (κ1) is 20.7. The van der Waals surface area contributed by atoms with E-state index in [0.29, 0.717) is 10.0 Å². The zero-order valence-electron chi connectivity index (χ0n) is 15.3. The van der Waals surface area contributed by atoms with Crippen molar-refractivity contribution in [2.45, 2.75) is 5.92 Å². The van der Waals surface area contributed by atoms with E-state index in [1.165, 1.54) is 0 Å². The van der Waals surface area contributed by atoms with Crippen molar-refractivity contribution in [3.05, 3.63) is 106 Å². The first-order valence-corrected chi connectivity index (χ1v) is 10.0. The van der Waals surface area contributed by atoms with Gasteiger partial charge in [-0.25, -0.2) is 0 Å². The highest BCUT2D eigenvalue weighted by atomic mass is 79.9. The Morgan fingerprint density at radius 2 is 1.28 bits per heavy atom. The molecule has 146 valence electrons. The van der Waals surface area contributed by atoms with Gasteiger partial charge in [-0.3, -0.25) is 20.4 Å². The van der Waals surface area contributed by atoms with E-state index < -0.39 is 5.92 Å². The van der Waals surface area contributed by atoms with Crippen LogP contribution < -0.4 is 16.2 Å². The Morgan fingerprint density at radius 1 is 0.759 bits per heavy atom. The molecule has 0 fully saturated rings. The van der Waals surface area contributed by atoms with Crippen LogP contribution in [0.2, 0.25) is 0 Å². The zero-order chi connectivity index (χ0) is 20.6. The molecule has 0 heterocycles. The maximum atomic E-state index is 13.0. The van der Waals surface area contributed by atoms with Crippen molar-refractivity contribution in [2.75, 3.05) is 0 Å². The molecule has 7 heteroatoms. The Bertz CT molecular complexity index is 973. The molecule has 3 rings (SSSR count). The number of carbonyl (C=O) groups excluding carboxylic acids is 2. The molecule has 0 unspecified atom stereocenters. The fourth-order valence-electron chi connectivity index (χ4n) is 2.83. The van der Waals surface area contributed by atoms with Crippen LogP contribution in [0.3, 0.4) is 0 Å². The van der Waals surface area contributed by atoms with Crippen LogP contribution in [0.4, 0.5) is 0 Å². The maximum absolute atomic E-state index is 13.0. The van der Waals surface area contributed by atoms with Crippen molar-refractivity contribution in [3.8, 4) is 0 Å². The van der Waals surface area contributed by atoms with Crippen molar-refractivity contribution in [2.24, 2.45) is 0 Å². The van der Waals surface area contributed by atoms with Crippen molar-refractivity contribution in [3.63, 3.8) is 0 Å². The largest absolute Gasteiger partial charge is 0.301 e. The Balaban J connectivity index is 1.67. The van der Waals surface area contributed by atoms with Gasteiger partial charge in [-0.2, -0.15) is 0 Å². The predicted octanol–water partition coefficient (Wildman–Crippen LogP) is 3.92. The quantitative estimate of drug-likeness (QED) is 0.401. The van der Waals surface area contributed by atoms with Crippen LogP contribution in [-0.4, -0.2) is 16.9 Å². The number of benzene rings is 3. The number of hydrogen-bond donors (Lipinski definition) is 3. The number of halogens is 1. The summed E-state index contributed by atoms with van der Waals surface area (Å²) in [5, 5.41) is 2.66. The summed E-state index contributed by atoms with van der Waals surface area (Å²) in [5.74, 6) is -1.21. The highest BCUT2D eigenvalue weighted by Gasteiger charge is 2.23. The van der Waals surface area contributed by atoms with E-state index in [9.17, 15) is 9.59 Å². The summed E-state index contributed by atoms with van der Waals surface area (Å²) in [6.07, 6.45) is 0. The van der Waals surface area contributed by atoms with Gasteiger partial charge in [0.2, 0.25) is 5.91 Å². The summed E-state index contributed by atoms with van der Waals surface area (Å²) in [6.45, 7) is 0. The van der Waals surface area contributed by atoms with Gasteiger partial charge in [0, 0.05) is 4.47 Å². The van der Waals surface area contributed by atoms with Crippen molar-refractivity contribution >= 4 is 45.1 Å². The van der Waals surface area contributed by atoms with Gasteiger partial charge in [-0.05, 0) is 51.4 Å². The molecule has 0 aromatic heterocycles. The molecule has 3 aromatic carbocycles. The number of carbonyl (C=O) groups is 2. The molecule has 5 nitrogen and oxygen atoms in total. The molecule has 0 bridgehead atoms. The SMILES string of the molecule is O=C(NNC(=S)NC(=O)C(c1ccccc1)c1ccccc1)c1ccccc1Br. The van der Waals surface area contributed by atoms with E-state index in [2.05, 4.69) is 32.1 Å². The van der Waals surface area contributed by atoms with E-state index in [0.717, 1.165) is 11.1 Å². The fourth-order valence-corrected chi connectivity index (χ4v) is 3.44. The first-order valence-electron chi connectivity index (χ1n) is 8.82. The summed E-state index contributed by atoms with van der Waals surface area (Å²) >= 11 is 8.50. The number of hydrazine groups is 1. The summed E-state index contributed by atoms with van der Waals surface area (Å²) in [6, 6.07) is 25.9. The zero-order valence-corrected chi connectivity index (χ0v) is 17.7. The third-order valence-corrected chi connectivity index (χ3v) is 5.07. The monoisotopic (exact) mass is 467 g/mol. The number of amides is 2. The summed E-state index contributed by atoms with van der Waals surface area (Å²) < 4.78 is 0.655. The molecular weight excluding hydrogens is 450 g/mol. The number of rotatable bonds is 4. The van der Waals surface area contributed by atoms with Gasteiger partial charge in [-0.1, -0.05) is 72.8 Å². The van der Waals surface area contributed by atoms with E-state index in [4.69, 9.17) is 12.2 Å². The highest BCUT2D eigenvalue weighted by molar-refractivity contribution is 9.10. The Hall–Kier alpha value is -3.03. The van der Waals surface area contributed by atoms with Crippen LogP contribution in [0.1, 0.15) is 27.4 Å². The Labute approximate surface area is 182 Å². The molecule has 0 radical (unpaired) electrons. The Kier molecular flexibility index (Phi) is 7.10. The summed E-state index contributed by atoms with van der Waals surface area (Å²) in [5.41, 5.74) is 7.20. The normalized spacial score (nSPS) is 10.3. The van der Waals surface area contributed by atoms with E-state index >= 15 is 0 Å². The van der Waals surface area contributed by atoms with E-state index in [1.54, 1.807) is 18.2 Å². The number of hydrogen-bond acceptors (Lipinski definition) is 3. The predicted molar refractivity (Wildman–Crippen MR) is 120 cm³/mol. The molecule has 0 aliphatic carbocycles. The number of thiocarbonyl (C=S) groups is 1. The number of nitrogens with one attached hydrogen (secondary N) is 3. The topological polar surface area (TPSA) is 70.2 Å². The second-order valence-corrected chi connectivity index (χ2v) is 7.39. The standard InChI is InChI=1S/C22H18BrN3O2S/c23-18-14-8-7-13-17(18)20(27)25-26-22(29)24-21(28)19(15-9-3-1-4-10-15)16-11-5-2-6-12-16/h1-14,19H,(H,25,27)(H2,24,26,28,29). The van der Waals surface area contributed by atoms with Crippen molar-refractivity contribution in [1.29, 1.82) is 0 Å². The van der Waals surface area contributed by atoms with Crippen LogP contribution in [0, 0.1) is 0 Å². The van der Waals surface area contributed by atoms with E-state index in [-0.39, 0.29) is 16.9 Å². The molecule has 0 saturated heterocycles. The Morgan fingerprint density at radius 3 is 1.83 bits per heavy atom. The minimum absolute atomic E-state index is 0.00673. The third-order valence-electron chi connectivity index (χ3n) is 4.17. The smallest absolute Gasteiger partial charge is 0.270 e. The molecule has 3 aromatic rings. The molecule has 0 atom stereocenters. The molecule has 2 amide bonds. The average molecular weight is 468 g/mol. The van der Waals surface area contributed by atoms with Crippen molar-refractivity contribution < 1.29 is 9.59 Å². The van der Waals surface area contributed by atoms with Crippen molar-refractivity contribution in [1.82, 2.24) is 16.2 Å². The minimum atomic E-state index is -0.531. The van der Waals surface area contributed by atoms with Crippen LogP contribution in [0.15, 0.2) is 89.4 Å². The average Bonchev–Trinajstić information content (AvgIpc) is 2.74. The fraction of sp³-hybridized carbons (Fsp3) is 0.0455. The molecule has 3 N–H and O–H groups in total. The first-order chi connectivity index (χ1) is 14.1. The molecule has 29 heavy (non-hydrogen) atoms. The second-order valence-electron chi connectivity index (χ2n) is 6.13. The lowest BCUT2D eigenvalue weighted by atomic mass is 9.90. The minimum Gasteiger partial charge on any atom is -0.301 e. The van der Waals surface area contributed by atoms with Gasteiger partial charge in [0.15, 0.2) is 5.11 Å². The maximum Gasteiger partial charge on any atom is 0.270 e. The second kappa shape index (κ2) is 9.95. The van der Waals surface area contributed by atoms with Gasteiger partial charge >= 0.3 is 0 Å². The summed E-state index contributed by atoms with van der Waals surface area (Å²) in [7, 11) is 0. The van der Waals surface area contributed by atoms with Crippen LogP contribution in [0.25, 0.3) is 0 Å². The highest BCUT2D eigenvalue weighted by Crippen LogP contribution is 2.24. The summed E-state index contributed by atoms with van der Waals surface area (Å²) in [4.78, 5) is 25.2. The lowest BCUT2D eigenvalue weighted by Crippen LogP contribution is -2.49.